The molecule has 0 fully saturated rings. The monoisotopic (exact) mass is 132 g/mol. The molecule has 9 heavy (non-hydrogen) atoms. The topological polar surface area (TPSA) is 0 Å². The molecule has 0 aliphatic heterocycles. The number of halogens is 1. The van der Waals surface area contributed by atoms with Gasteiger partial charge in [0.2, 0.25) is 0 Å². The summed E-state index contributed by atoms with van der Waals surface area (Å²) in [7, 11) is 0. The number of rotatable bonds is 1. The van der Waals surface area contributed by atoms with Gasteiger partial charge < -0.3 is 0 Å². The number of hydrogen-bond donors (Lipinski definition) is 0. The Morgan fingerprint density at radius 1 is 1.22 bits per heavy atom. The zero-order valence-electron chi connectivity index (χ0n) is 6.82. The van der Waals surface area contributed by atoms with Crippen LogP contribution in [0, 0.1) is 5.92 Å². The zero-order valence-corrected chi connectivity index (χ0v) is 6.82. The first-order valence-electron chi connectivity index (χ1n) is 3.27. The third-order valence-corrected chi connectivity index (χ3v) is 0.471. The van der Waals surface area contributed by atoms with Crippen LogP contribution in [0.2, 0.25) is 0 Å². The maximum absolute atomic E-state index is 11.0. The summed E-state index contributed by atoms with van der Waals surface area (Å²) in [4.78, 5) is 0. The summed E-state index contributed by atoms with van der Waals surface area (Å²) in [6.45, 7) is 10.8. The number of hydrogen-bond acceptors (Lipinski definition) is 0. The lowest BCUT2D eigenvalue weighted by Crippen LogP contribution is -1.73. The second-order valence-corrected chi connectivity index (χ2v) is 2.49. The summed E-state index contributed by atoms with van der Waals surface area (Å²) in [5, 5.41) is 0. The Morgan fingerprint density at radius 3 is 1.33 bits per heavy atom. The van der Waals surface area contributed by atoms with E-state index in [1.165, 1.54) is 13.8 Å². The average Bonchev–Trinajstić information content (AvgIpc) is 1.65. The van der Waals surface area contributed by atoms with Crippen LogP contribution in [0.1, 0.15) is 27.7 Å². The molecule has 0 aromatic rings. The highest BCUT2D eigenvalue weighted by molar-refractivity contribution is 4.69. The third-order valence-electron chi connectivity index (χ3n) is 0.471. The first-order valence-corrected chi connectivity index (χ1v) is 3.27. The van der Waals surface area contributed by atoms with Gasteiger partial charge in [-0.2, -0.15) is 0 Å². The molecule has 0 saturated heterocycles. The van der Waals surface area contributed by atoms with Gasteiger partial charge in [-0.25, -0.2) is 4.39 Å². The van der Waals surface area contributed by atoms with Crippen LogP contribution < -0.4 is 0 Å². The van der Waals surface area contributed by atoms with Crippen molar-refractivity contribution in [1.82, 2.24) is 0 Å². The van der Waals surface area contributed by atoms with E-state index >= 15 is 0 Å². The molecule has 1 heteroatoms. The predicted octanol–water partition coefficient (Wildman–Crippen LogP) is 3.19. The van der Waals surface area contributed by atoms with Crippen LogP contribution in [0.4, 0.5) is 4.39 Å². The highest BCUT2D eigenvalue weighted by Gasteiger charge is 1.74. The lowest BCUT2D eigenvalue weighted by atomic mass is 10.2. The molecule has 0 saturated carbocycles. The van der Waals surface area contributed by atoms with Gasteiger partial charge >= 0.3 is 0 Å². The second-order valence-electron chi connectivity index (χ2n) is 2.49. The molecule has 0 unspecified atom stereocenters. The minimum Gasteiger partial charge on any atom is -0.248 e. The van der Waals surface area contributed by atoms with Gasteiger partial charge in [-0.1, -0.05) is 19.9 Å². The zero-order chi connectivity index (χ0) is 7.86. The summed E-state index contributed by atoms with van der Waals surface area (Å²) in [5.41, 5.74) is 0. The molecule has 0 aliphatic carbocycles. The molecule has 0 spiro atoms. The van der Waals surface area contributed by atoms with Crippen molar-refractivity contribution in [1.29, 1.82) is 0 Å². The highest BCUT2D eigenvalue weighted by atomic mass is 19.1. The smallest absolute Gasteiger partial charge is 0.0945 e. The molecule has 0 aromatic heterocycles. The van der Waals surface area contributed by atoms with Gasteiger partial charge in [0.25, 0.3) is 0 Å². The third kappa shape index (κ3) is 88.4. The quantitative estimate of drug-likeness (QED) is 0.481. The maximum Gasteiger partial charge on any atom is 0.0945 e. The number of allylic oxidation sites excluding steroid dienone is 1. The fourth-order valence-electron chi connectivity index (χ4n) is 0. The van der Waals surface area contributed by atoms with Crippen molar-refractivity contribution in [3.05, 3.63) is 12.7 Å². The fourth-order valence-corrected chi connectivity index (χ4v) is 0. The van der Waals surface area contributed by atoms with Crippen molar-refractivity contribution in [3.8, 4) is 0 Å². The Balaban J connectivity index is 0. The van der Waals surface area contributed by atoms with E-state index in [1.807, 2.05) is 6.08 Å². The molecule has 0 nitrogen and oxygen atoms in total. The van der Waals surface area contributed by atoms with Crippen LogP contribution in [0.3, 0.4) is 0 Å². The molecule has 0 N–H and O–H groups in total. The Kier molecular flexibility index (Phi) is 9.77. The van der Waals surface area contributed by atoms with Gasteiger partial charge in [-0.15, -0.1) is 6.58 Å². The predicted molar refractivity (Wildman–Crippen MR) is 41.3 cm³/mol. The van der Waals surface area contributed by atoms with Crippen molar-refractivity contribution >= 4 is 0 Å². The molecular formula is C8H17F. The Bertz CT molecular complexity index is 52.8. The molecule has 0 radical (unpaired) electrons. The molecular weight excluding hydrogens is 115 g/mol. The standard InChI is InChI=1S/C5H10.C3H7F/c1-4-5(2)3;1-3(2)4/h4-5H,1H2,2-3H3;3H,1-2H3. The SMILES string of the molecule is C=CC(C)C.CC(C)F. The van der Waals surface area contributed by atoms with Crippen LogP contribution in [0.5, 0.6) is 0 Å². The molecule has 56 valence electrons. The van der Waals surface area contributed by atoms with E-state index in [2.05, 4.69) is 20.4 Å². The Hall–Kier alpha value is -0.330. The van der Waals surface area contributed by atoms with Crippen LogP contribution in [-0.4, -0.2) is 6.17 Å². The minimum absolute atomic E-state index is 0.648. The second kappa shape index (κ2) is 7.67. The molecule has 0 atom stereocenters. The van der Waals surface area contributed by atoms with Crippen molar-refractivity contribution in [2.24, 2.45) is 5.92 Å². The van der Waals surface area contributed by atoms with E-state index in [4.69, 9.17) is 0 Å². The molecule has 0 aromatic carbocycles. The van der Waals surface area contributed by atoms with Crippen LogP contribution in [0.15, 0.2) is 12.7 Å². The first-order chi connectivity index (χ1) is 4.00. The van der Waals surface area contributed by atoms with E-state index in [-0.39, 0.29) is 0 Å². The summed E-state index contributed by atoms with van der Waals surface area (Å²) < 4.78 is 11.0. The van der Waals surface area contributed by atoms with Gasteiger partial charge in [0, 0.05) is 0 Å². The Labute approximate surface area is 57.8 Å². The summed E-state index contributed by atoms with van der Waals surface area (Å²) >= 11 is 0. The maximum atomic E-state index is 11.0. The molecule has 0 rings (SSSR count). The van der Waals surface area contributed by atoms with Crippen molar-refractivity contribution < 1.29 is 4.39 Å². The highest BCUT2D eigenvalue weighted by Crippen LogP contribution is 1.87. The van der Waals surface area contributed by atoms with Crippen molar-refractivity contribution in [2.75, 3.05) is 0 Å². The Morgan fingerprint density at radius 2 is 1.33 bits per heavy atom. The first kappa shape index (κ1) is 11.5. The van der Waals surface area contributed by atoms with Crippen LogP contribution in [-0.2, 0) is 0 Å². The fraction of sp³-hybridized carbons (Fsp3) is 0.750. The molecule has 0 bridgehead atoms. The largest absolute Gasteiger partial charge is 0.248 e. The molecule has 0 heterocycles. The van der Waals surface area contributed by atoms with Crippen molar-refractivity contribution in [2.45, 2.75) is 33.9 Å². The minimum atomic E-state index is -0.667. The summed E-state index contributed by atoms with van der Waals surface area (Å²) in [5.74, 6) is 0.648. The average molecular weight is 132 g/mol. The summed E-state index contributed by atoms with van der Waals surface area (Å²) in [6.07, 6.45) is 1.25. The lowest BCUT2D eigenvalue weighted by molar-refractivity contribution is 0.391. The van der Waals surface area contributed by atoms with E-state index in [0.717, 1.165) is 0 Å². The lowest BCUT2D eigenvalue weighted by Gasteiger charge is -1.84. The van der Waals surface area contributed by atoms with Crippen LogP contribution in [0.25, 0.3) is 0 Å². The summed E-state index contributed by atoms with van der Waals surface area (Å²) in [6, 6.07) is 0. The van der Waals surface area contributed by atoms with Crippen LogP contribution >= 0.6 is 0 Å². The van der Waals surface area contributed by atoms with Gasteiger partial charge in [0.15, 0.2) is 0 Å². The van der Waals surface area contributed by atoms with Crippen molar-refractivity contribution in [3.63, 3.8) is 0 Å². The van der Waals surface area contributed by atoms with Gasteiger partial charge in [-0.05, 0) is 19.8 Å². The molecule has 0 amide bonds. The van der Waals surface area contributed by atoms with Gasteiger partial charge in [0.05, 0.1) is 6.17 Å². The number of alkyl halides is 1. The van der Waals surface area contributed by atoms with Gasteiger partial charge in [-0.3, -0.25) is 0 Å². The molecule has 0 aliphatic rings. The van der Waals surface area contributed by atoms with E-state index < -0.39 is 6.17 Å². The van der Waals surface area contributed by atoms with E-state index in [9.17, 15) is 4.39 Å². The van der Waals surface area contributed by atoms with E-state index in [1.54, 1.807) is 0 Å². The van der Waals surface area contributed by atoms with E-state index in [0.29, 0.717) is 5.92 Å². The normalized spacial score (nSPS) is 8.78. The van der Waals surface area contributed by atoms with Gasteiger partial charge in [0.1, 0.15) is 0 Å².